The summed E-state index contributed by atoms with van der Waals surface area (Å²) < 4.78 is 7.12. The zero-order valence-electron chi connectivity index (χ0n) is 33.0. The lowest BCUT2D eigenvalue weighted by molar-refractivity contribution is 0.670. The summed E-state index contributed by atoms with van der Waals surface area (Å²) in [5.74, 6) is 0. The minimum atomic E-state index is 0.893. The van der Waals surface area contributed by atoms with E-state index >= 15 is 0 Å². The topological polar surface area (TPSA) is 13.1 Å². The number of hydrogen-bond donors (Lipinski definition) is 0. The average molecular weight is 771 g/mol. The number of furan rings is 1. The molecule has 0 spiro atoms. The highest BCUT2D eigenvalue weighted by molar-refractivity contribution is 6.28. The van der Waals surface area contributed by atoms with Crippen LogP contribution in [0.4, 0.5) is 0 Å². The zero-order chi connectivity index (χ0) is 39.8. The molecule has 0 unspecified atom stereocenters. The van der Waals surface area contributed by atoms with Gasteiger partial charge in [-0.15, -0.1) is 0 Å². The van der Waals surface area contributed by atoms with Crippen molar-refractivity contribution in [3.63, 3.8) is 0 Å². The Morgan fingerprint density at radius 3 is 1.38 bits per heavy atom. The van der Waals surface area contributed by atoms with Gasteiger partial charge >= 0.3 is 0 Å². The molecule has 1 heterocycles. The maximum atomic E-state index is 7.12. The standard InChI is InChI=1S/C60H34O/c1-2-6-35(7-3-1)44-20-21-45-33-53-54(34-46(45)32-44)61-60-48(30-31-52(59(53)60)49-27-23-43-19-17-39-9-5-11-41-25-29-51(49)58(43)56(39)41)37-14-12-36(13-15-37)47-26-22-42-18-16-38-8-4-10-40-24-28-50(47)57(42)55(38)40/h1-34H. The molecule has 1 heteroatoms. The number of benzene rings is 13. The van der Waals surface area contributed by atoms with Crippen LogP contribution in [0.15, 0.2) is 211 Å². The highest BCUT2D eigenvalue weighted by Crippen LogP contribution is 2.47. The predicted molar refractivity (Wildman–Crippen MR) is 260 cm³/mol. The fourth-order valence-corrected chi connectivity index (χ4v) is 10.7. The molecule has 14 aromatic rings. The van der Waals surface area contributed by atoms with Crippen LogP contribution in [-0.4, -0.2) is 0 Å². The Labute approximate surface area is 351 Å². The van der Waals surface area contributed by atoms with Gasteiger partial charge in [0, 0.05) is 16.3 Å². The molecule has 0 aliphatic rings. The third-order valence-electron chi connectivity index (χ3n) is 13.5. The van der Waals surface area contributed by atoms with Crippen molar-refractivity contribution in [3.8, 4) is 44.5 Å². The van der Waals surface area contributed by atoms with Gasteiger partial charge < -0.3 is 4.42 Å². The summed E-state index contributed by atoms with van der Waals surface area (Å²) in [4.78, 5) is 0. The molecule has 0 saturated heterocycles. The van der Waals surface area contributed by atoms with Crippen LogP contribution in [-0.2, 0) is 0 Å². The number of hydrogen-bond acceptors (Lipinski definition) is 1. The highest BCUT2D eigenvalue weighted by atomic mass is 16.3. The molecule has 61 heavy (non-hydrogen) atoms. The molecule has 0 atom stereocenters. The maximum absolute atomic E-state index is 7.12. The second-order valence-corrected chi connectivity index (χ2v) is 16.8. The molecule has 1 nitrogen and oxygen atoms in total. The van der Waals surface area contributed by atoms with Crippen molar-refractivity contribution < 1.29 is 4.42 Å². The van der Waals surface area contributed by atoms with Crippen molar-refractivity contribution in [3.05, 3.63) is 206 Å². The van der Waals surface area contributed by atoms with E-state index in [1.807, 2.05) is 0 Å². The van der Waals surface area contributed by atoms with Crippen molar-refractivity contribution >= 4 is 97.3 Å². The maximum Gasteiger partial charge on any atom is 0.143 e. The van der Waals surface area contributed by atoms with E-state index in [9.17, 15) is 0 Å². The van der Waals surface area contributed by atoms with Crippen LogP contribution in [0, 0.1) is 0 Å². The van der Waals surface area contributed by atoms with Gasteiger partial charge in [0.1, 0.15) is 11.2 Å². The van der Waals surface area contributed by atoms with Gasteiger partial charge in [0.2, 0.25) is 0 Å². The summed E-state index contributed by atoms with van der Waals surface area (Å²) in [6.07, 6.45) is 0. The van der Waals surface area contributed by atoms with Crippen molar-refractivity contribution in [2.75, 3.05) is 0 Å². The summed E-state index contributed by atoms with van der Waals surface area (Å²) in [5, 5.41) is 20.2. The summed E-state index contributed by atoms with van der Waals surface area (Å²) in [7, 11) is 0. The van der Waals surface area contributed by atoms with Crippen molar-refractivity contribution in [2.45, 2.75) is 0 Å². The lowest BCUT2D eigenvalue weighted by Crippen LogP contribution is -1.89. The van der Waals surface area contributed by atoms with Gasteiger partial charge in [-0.2, -0.15) is 0 Å². The number of rotatable bonds is 4. The van der Waals surface area contributed by atoms with E-state index in [1.54, 1.807) is 0 Å². The van der Waals surface area contributed by atoms with Crippen molar-refractivity contribution in [2.24, 2.45) is 0 Å². The SMILES string of the molecule is c1ccc(-c2ccc3cc4c(cc3c2)oc2c(-c3ccc(-c5ccc6ccc7cccc8ccc5c6c78)cc3)ccc(-c3ccc5ccc6cccc7ccc3c5c67)c24)cc1. The quantitative estimate of drug-likeness (QED) is 0.162. The normalized spacial score (nSPS) is 12.3. The molecule has 0 N–H and O–H groups in total. The molecule has 13 aromatic carbocycles. The van der Waals surface area contributed by atoms with E-state index in [0.717, 1.165) is 38.5 Å². The van der Waals surface area contributed by atoms with Crippen molar-refractivity contribution in [1.82, 2.24) is 0 Å². The second-order valence-electron chi connectivity index (χ2n) is 16.8. The second kappa shape index (κ2) is 12.3. The van der Waals surface area contributed by atoms with Crippen LogP contribution in [0.5, 0.6) is 0 Å². The molecule has 14 rings (SSSR count). The van der Waals surface area contributed by atoms with Crippen LogP contribution < -0.4 is 0 Å². The summed E-state index contributed by atoms with van der Waals surface area (Å²) in [6, 6.07) is 76.3. The molecule has 0 bridgehead atoms. The lowest BCUT2D eigenvalue weighted by Gasteiger charge is -2.16. The van der Waals surface area contributed by atoms with Gasteiger partial charge in [0.15, 0.2) is 0 Å². The number of fused-ring (bicyclic) bond motifs is 4. The molecule has 0 aliphatic heterocycles. The molecule has 0 amide bonds. The van der Waals surface area contributed by atoms with Crippen LogP contribution in [0.2, 0.25) is 0 Å². The third kappa shape index (κ3) is 4.72. The smallest absolute Gasteiger partial charge is 0.143 e. The van der Waals surface area contributed by atoms with Gasteiger partial charge in [-0.05, 0) is 139 Å². The molecular formula is C60H34O. The first kappa shape index (κ1) is 32.9. The summed E-state index contributed by atoms with van der Waals surface area (Å²) in [6.45, 7) is 0. The molecule has 0 aliphatic carbocycles. The van der Waals surface area contributed by atoms with Crippen LogP contribution >= 0.6 is 0 Å². The minimum Gasteiger partial charge on any atom is -0.455 e. The first-order valence-corrected chi connectivity index (χ1v) is 21.1. The van der Waals surface area contributed by atoms with Crippen LogP contribution in [0.1, 0.15) is 0 Å². The average Bonchev–Trinajstić information content (AvgIpc) is 3.70. The predicted octanol–water partition coefficient (Wildman–Crippen LogP) is 17.2. The van der Waals surface area contributed by atoms with E-state index in [-0.39, 0.29) is 0 Å². The van der Waals surface area contributed by atoms with Gasteiger partial charge in [-0.3, -0.25) is 0 Å². The van der Waals surface area contributed by atoms with Gasteiger partial charge in [0.25, 0.3) is 0 Å². The Bertz CT molecular complexity index is 4050. The molecule has 280 valence electrons. The minimum absolute atomic E-state index is 0.893. The molecule has 0 fully saturated rings. The Morgan fingerprint density at radius 2 is 0.721 bits per heavy atom. The summed E-state index contributed by atoms with van der Waals surface area (Å²) in [5.41, 5.74) is 11.3. The highest BCUT2D eigenvalue weighted by Gasteiger charge is 2.21. The Kier molecular flexibility index (Phi) is 6.62. The fourth-order valence-electron chi connectivity index (χ4n) is 10.7. The van der Waals surface area contributed by atoms with Gasteiger partial charge in [-0.25, -0.2) is 0 Å². The molecule has 1 aromatic heterocycles. The molecule has 0 saturated carbocycles. The van der Waals surface area contributed by atoms with E-state index in [0.29, 0.717) is 0 Å². The van der Waals surface area contributed by atoms with Crippen LogP contribution in [0.25, 0.3) is 142 Å². The van der Waals surface area contributed by atoms with E-state index in [4.69, 9.17) is 4.42 Å². The monoisotopic (exact) mass is 770 g/mol. The van der Waals surface area contributed by atoms with Gasteiger partial charge in [0.05, 0.1) is 0 Å². The Balaban J connectivity index is 0.986. The van der Waals surface area contributed by atoms with Crippen LogP contribution in [0.3, 0.4) is 0 Å². The first-order chi connectivity index (χ1) is 30.2. The Morgan fingerprint density at radius 1 is 0.230 bits per heavy atom. The summed E-state index contributed by atoms with van der Waals surface area (Å²) >= 11 is 0. The molecule has 0 radical (unpaired) electrons. The zero-order valence-corrected chi connectivity index (χ0v) is 33.0. The molecular weight excluding hydrogens is 737 g/mol. The van der Waals surface area contributed by atoms with E-state index < -0.39 is 0 Å². The first-order valence-electron chi connectivity index (χ1n) is 21.1. The van der Waals surface area contributed by atoms with E-state index in [2.05, 4.69) is 206 Å². The van der Waals surface area contributed by atoms with E-state index in [1.165, 1.54) is 103 Å². The fraction of sp³-hybridized carbons (Fsp3) is 0. The third-order valence-corrected chi connectivity index (χ3v) is 13.5. The largest absolute Gasteiger partial charge is 0.455 e. The lowest BCUT2D eigenvalue weighted by atomic mass is 9.87. The Hall–Kier alpha value is -8.00. The van der Waals surface area contributed by atoms with Crippen molar-refractivity contribution in [1.29, 1.82) is 0 Å². The van der Waals surface area contributed by atoms with Gasteiger partial charge in [-0.1, -0.05) is 182 Å².